The Labute approximate surface area is 107 Å². The molecule has 88 valence electrons. The molecule has 1 saturated heterocycles. The lowest BCUT2D eigenvalue weighted by molar-refractivity contribution is 0.578. The minimum atomic E-state index is 0.685. The van der Waals surface area contributed by atoms with Crippen LogP contribution in [0.5, 0.6) is 0 Å². The van der Waals surface area contributed by atoms with Gasteiger partial charge in [-0.2, -0.15) is 0 Å². The quantitative estimate of drug-likeness (QED) is 0.897. The number of benzene rings is 1. The summed E-state index contributed by atoms with van der Waals surface area (Å²) in [5.41, 5.74) is 1.05. The van der Waals surface area contributed by atoms with Crippen molar-refractivity contribution in [3.05, 3.63) is 28.2 Å². The van der Waals surface area contributed by atoms with E-state index in [1.165, 1.54) is 6.42 Å². The Balaban J connectivity index is 2.04. The molecule has 1 heterocycles. The van der Waals surface area contributed by atoms with Crippen molar-refractivity contribution in [2.45, 2.75) is 6.42 Å². The summed E-state index contributed by atoms with van der Waals surface area (Å²) >= 11 is 12.0. The molecule has 1 atom stereocenters. The smallest absolute Gasteiger partial charge is 0.0654 e. The van der Waals surface area contributed by atoms with E-state index in [1.807, 2.05) is 12.1 Å². The Morgan fingerprint density at radius 3 is 2.88 bits per heavy atom. The van der Waals surface area contributed by atoms with Crippen molar-refractivity contribution in [1.29, 1.82) is 0 Å². The van der Waals surface area contributed by atoms with Crippen LogP contribution >= 0.6 is 23.2 Å². The first-order valence-electron chi connectivity index (χ1n) is 5.53. The van der Waals surface area contributed by atoms with E-state index < -0.39 is 0 Å². The zero-order valence-corrected chi connectivity index (χ0v) is 10.9. The van der Waals surface area contributed by atoms with Crippen LogP contribution in [-0.2, 0) is 0 Å². The molecule has 1 aromatic carbocycles. The van der Waals surface area contributed by atoms with Crippen LogP contribution < -0.4 is 10.2 Å². The Bertz CT molecular complexity index is 362. The number of anilines is 1. The van der Waals surface area contributed by atoms with Crippen LogP contribution in [0.2, 0.25) is 10.0 Å². The molecule has 0 aliphatic carbocycles. The van der Waals surface area contributed by atoms with Gasteiger partial charge in [-0.1, -0.05) is 23.2 Å². The molecule has 2 nitrogen and oxygen atoms in total. The highest BCUT2D eigenvalue weighted by Crippen LogP contribution is 2.28. The summed E-state index contributed by atoms with van der Waals surface area (Å²) in [7, 11) is 2.08. The molecule has 1 aliphatic rings. The van der Waals surface area contributed by atoms with Crippen molar-refractivity contribution < 1.29 is 0 Å². The van der Waals surface area contributed by atoms with Gasteiger partial charge in [-0.25, -0.2) is 0 Å². The van der Waals surface area contributed by atoms with Crippen molar-refractivity contribution >= 4 is 28.9 Å². The van der Waals surface area contributed by atoms with E-state index in [1.54, 1.807) is 6.07 Å². The number of nitrogens with zero attached hydrogens (tertiary/aromatic N) is 1. The Hall–Kier alpha value is -0.440. The fourth-order valence-electron chi connectivity index (χ4n) is 2.15. The van der Waals surface area contributed by atoms with Crippen LogP contribution in [0.4, 0.5) is 5.69 Å². The summed E-state index contributed by atoms with van der Waals surface area (Å²) in [5.74, 6) is 0.719. The van der Waals surface area contributed by atoms with Gasteiger partial charge < -0.3 is 10.2 Å². The normalized spacial score (nSPS) is 20.1. The molecule has 0 saturated carbocycles. The molecule has 0 aromatic heterocycles. The van der Waals surface area contributed by atoms with Gasteiger partial charge in [-0.15, -0.1) is 0 Å². The molecule has 1 aromatic rings. The summed E-state index contributed by atoms with van der Waals surface area (Å²) in [4.78, 5) is 2.20. The highest BCUT2D eigenvalue weighted by Gasteiger charge is 2.17. The van der Waals surface area contributed by atoms with Crippen molar-refractivity contribution in [1.82, 2.24) is 5.32 Å². The van der Waals surface area contributed by atoms with Crippen molar-refractivity contribution in [2.75, 3.05) is 31.6 Å². The standard InChI is InChI=1S/C12H16Cl2N2/c1-16(8-9-4-5-15-7-9)12-3-2-10(13)6-11(12)14/h2-3,6,9,15H,4-5,7-8H2,1H3. The number of halogens is 2. The fourth-order valence-corrected chi connectivity index (χ4v) is 2.70. The monoisotopic (exact) mass is 258 g/mol. The summed E-state index contributed by atoms with van der Waals surface area (Å²) in [5, 5.41) is 4.78. The van der Waals surface area contributed by atoms with Crippen LogP contribution in [-0.4, -0.2) is 26.7 Å². The average Bonchev–Trinajstić information content (AvgIpc) is 2.70. The van der Waals surface area contributed by atoms with Gasteiger partial charge in [0.2, 0.25) is 0 Å². The van der Waals surface area contributed by atoms with E-state index in [-0.39, 0.29) is 0 Å². The summed E-state index contributed by atoms with van der Waals surface area (Å²) in [6.07, 6.45) is 1.25. The molecule has 4 heteroatoms. The van der Waals surface area contributed by atoms with Gasteiger partial charge in [0.1, 0.15) is 0 Å². The van der Waals surface area contributed by atoms with E-state index in [2.05, 4.69) is 17.3 Å². The second-order valence-corrected chi connectivity index (χ2v) is 5.18. The largest absolute Gasteiger partial charge is 0.373 e. The molecule has 0 bridgehead atoms. The third-order valence-electron chi connectivity index (χ3n) is 3.02. The molecular formula is C12H16Cl2N2. The molecule has 1 N–H and O–H groups in total. The first kappa shape index (κ1) is 12.0. The van der Waals surface area contributed by atoms with Gasteiger partial charge in [0.15, 0.2) is 0 Å². The SMILES string of the molecule is CN(CC1CCNC1)c1ccc(Cl)cc1Cl. The lowest BCUT2D eigenvalue weighted by Gasteiger charge is -2.23. The Kier molecular flexibility index (Phi) is 3.95. The van der Waals surface area contributed by atoms with Crippen LogP contribution in [0.15, 0.2) is 18.2 Å². The first-order valence-corrected chi connectivity index (χ1v) is 6.29. The van der Waals surface area contributed by atoms with Crippen molar-refractivity contribution in [2.24, 2.45) is 5.92 Å². The second-order valence-electron chi connectivity index (χ2n) is 4.34. The first-order chi connectivity index (χ1) is 7.66. The maximum absolute atomic E-state index is 6.17. The van der Waals surface area contributed by atoms with Gasteiger partial charge in [-0.05, 0) is 43.6 Å². The van der Waals surface area contributed by atoms with Crippen LogP contribution in [0, 0.1) is 5.92 Å². The van der Waals surface area contributed by atoms with Gasteiger partial charge in [-0.3, -0.25) is 0 Å². The molecule has 16 heavy (non-hydrogen) atoms. The van der Waals surface area contributed by atoms with Gasteiger partial charge in [0, 0.05) is 18.6 Å². The molecule has 0 spiro atoms. The van der Waals surface area contributed by atoms with E-state index in [9.17, 15) is 0 Å². The maximum Gasteiger partial charge on any atom is 0.0654 e. The zero-order chi connectivity index (χ0) is 11.5. The summed E-state index contributed by atoms with van der Waals surface area (Å²) in [6.45, 7) is 3.27. The molecule has 1 fully saturated rings. The minimum Gasteiger partial charge on any atom is -0.373 e. The predicted molar refractivity (Wildman–Crippen MR) is 70.7 cm³/mol. The number of nitrogens with one attached hydrogen (secondary N) is 1. The van der Waals surface area contributed by atoms with Crippen LogP contribution in [0.3, 0.4) is 0 Å². The van der Waals surface area contributed by atoms with Gasteiger partial charge in [0.05, 0.1) is 10.7 Å². The Morgan fingerprint density at radius 1 is 1.44 bits per heavy atom. The third kappa shape index (κ3) is 2.82. The van der Waals surface area contributed by atoms with E-state index in [0.29, 0.717) is 5.02 Å². The van der Waals surface area contributed by atoms with Crippen molar-refractivity contribution in [3.63, 3.8) is 0 Å². The fraction of sp³-hybridized carbons (Fsp3) is 0.500. The summed E-state index contributed by atoms with van der Waals surface area (Å²) < 4.78 is 0. The zero-order valence-electron chi connectivity index (χ0n) is 9.34. The number of rotatable bonds is 3. The number of hydrogen-bond donors (Lipinski definition) is 1. The molecule has 1 aliphatic heterocycles. The lowest BCUT2D eigenvalue weighted by Crippen LogP contribution is -2.26. The molecule has 0 amide bonds. The van der Waals surface area contributed by atoms with Gasteiger partial charge in [0.25, 0.3) is 0 Å². The van der Waals surface area contributed by atoms with E-state index >= 15 is 0 Å². The highest BCUT2D eigenvalue weighted by molar-refractivity contribution is 6.36. The van der Waals surface area contributed by atoms with E-state index in [0.717, 1.165) is 36.3 Å². The van der Waals surface area contributed by atoms with Crippen LogP contribution in [0.1, 0.15) is 6.42 Å². The molecular weight excluding hydrogens is 243 g/mol. The minimum absolute atomic E-state index is 0.685. The third-order valence-corrected chi connectivity index (χ3v) is 3.55. The van der Waals surface area contributed by atoms with Crippen LogP contribution in [0.25, 0.3) is 0 Å². The van der Waals surface area contributed by atoms with Gasteiger partial charge >= 0.3 is 0 Å². The highest BCUT2D eigenvalue weighted by atomic mass is 35.5. The second kappa shape index (κ2) is 5.26. The lowest BCUT2D eigenvalue weighted by atomic mass is 10.1. The maximum atomic E-state index is 6.17. The summed E-state index contributed by atoms with van der Waals surface area (Å²) in [6, 6.07) is 5.65. The predicted octanol–water partition coefficient (Wildman–Crippen LogP) is 3.04. The van der Waals surface area contributed by atoms with Crippen molar-refractivity contribution in [3.8, 4) is 0 Å². The average molecular weight is 259 g/mol. The molecule has 2 rings (SSSR count). The molecule has 1 unspecified atom stereocenters. The van der Waals surface area contributed by atoms with E-state index in [4.69, 9.17) is 23.2 Å². The topological polar surface area (TPSA) is 15.3 Å². The number of hydrogen-bond acceptors (Lipinski definition) is 2. The molecule has 0 radical (unpaired) electrons. The Morgan fingerprint density at radius 2 is 2.25 bits per heavy atom.